The van der Waals surface area contributed by atoms with Gasteiger partial charge in [0.2, 0.25) is 0 Å². The maximum absolute atomic E-state index is 6.11. The lowest BCUT2D eigenvalue weighted by molar-refractivity contribution is 0.0250. The van der Waals surface area contributed by atoms with Crippen molar-refractivity contribution < 1.29 is 4.74 Å². The fourth-order valence-electron chi connectivity index (χ4n) is 3.35. The molecule has 0 spiro atoms. The molecule has 1 aliphatic heterocycles. The number of ether oxygens (including phenoxy) is 1. The smallest absolute Gasteiger partial charge is 0.0469 e. The van der Waals surface area contributed by atoms with E-state index in [-0.39, 0.29) is 0 Å². The van der Waals surface area contributed by atoms with Crippen LogP contribution >= 0.6 is 0 Å². The first-order valence-electron chi connectivity index (χ1n) is 7.88. The summed E-state index contributed by atoms with van der Waals surface area (Å²) >= 11 is 0. The Labute approximate surface area is 111 Å². The van der Waals surface area contributed by atoms with Gasteiger partial charge < -0.3 is 10.5 Å². The van der Waals surface area contributed by atoms with Crippen molar-refractivity contribution in [3.8, 4) is 0 Å². The third-order valence-corrected chi connectivity index (χ3v) is 4.90. The summed E-state index contributed by atoms with van der Waals surface area (Å²) in [5.74, 6) is 2.75. The molecule has 1 atom stereocenters. The van der Waals surface area contributed by atoms with E-state index in [1.807, 2.05) is 0 Å². The predicted octanol–water partition coefficient (Wildman–Crippen LogP) is 1.86. The highest BCUT2D eigenvalue weighted by Crippen LogP contribution is 2.36. The van der Waals surface area contributed by atoms with Crippen LogP contribution in [0.3, 0.4) is 0 Å². The van der Waals surface area contributed by atoms with E-state index in [0.717, 1.165) is 37.5 Å². The van der Waals surface area contributed by atoms with Gasteiger partial charge in [0.1, 0.15) is 0 Å². The van der Waals surface area contributed by atoms with Crippen LogP contribution in [0.15, 0.2) is 0 Å². The highest BCUT2D eigenvalue weighted by atomic mass is 16.5. The van der Waals surface area contributed by atoms with Crippen molar-refractivity contribution in [2.24, 2.45) is 23.5 Å². The minimum atomic E-state index is 0.620. The van der Waals surface area contributed by atoms with E-state index < -0.39 is 0 Å². The van der Waals surface area contributed by atoms with Gasteiger partial charge in [-0.3, -0.25) is 4.90 Å². The first-order chi connectivity index (χ1) is 8.86. The maximum atomic E-state index is 6.11. The second kappa shape index (κ2) is 5.89. The number of hydrogen-bond donors (Lipinski definition) is 1. The Morgan fingerprint density at radius 3 is 1.94 bits per heavy atom. The largest absolute Gasteiger partial charge is 0.381 e. The number of hydrogen-bond acceptors (Lipinski definition) is 3. The molecule has 1 heterocycles. The summed E-state index contributed by atoms with van der Waals surface area (Å²) < 4.78 is 5.50. The molecule has 3 fully saturated rings. The molecule has 1 unspecified atom stereocenters. The summed E-state index contributed by atoms with van der Waals surface area (Å²) in [6, 6.07) is 0.620. The second-order valence-electron chi connectivity index (χ2n) is 6.59. The van der Waals surface area contributed by atoms with Crippen molar-refractivity contribution in [3.05, 3.63) is 0 Å². The molecule has 2 saturated carbocycles. The van der Waals surface area contributed by atoms with Crippen LogP contribution in [0, 0.1) is 17.8 Å². The molecule has 0 aromatic rings. The van der Waals surface area contributed by atoms with Crippen LogP contribution in [0.1, 0.15) is 38.5 Å². The minimum Gasteiger partial charge on any atom is -0.381 e. The zero-order chi connectivity index (χ0) is 12.4. The number of rotatable bonds is 7. The number of nitrogens with zero attached hydrogens (tertiary/aromatic N) is 1. The maximum Gasteiger partial charge on any atom is 0.0469 e. The first-order valence-corrected chi connectivity index (χ1v) is 7.88. The predicted molar refractivity (Wildman–Crippen MR) is 73.4 cm³/mol. The van der Waals surface area contributed by atoms with Crippen molar-refractivity contribution in [1.82, 2.24) is 4.90 Å². The summed E-state index contributed by atoms with van der Waals surface area (Å²) in [7, 11) is 0. The Morgan fingerprint density at radius 1 is 0.944 bits per heavy atom. The second-order valence-corrected chi connectivity index (χ2v) is 6.59. The van der Waals surface area contributed by atoms with Gasteiger partial charge in [0.25, 0.3) is 0 Å². The SMILES string of the molecule is NCC(C1CCOCC1)N(CC1CC1)CC1CC1. The summed E-state index contributed by atoms with van der Waals surface area (Å²) in [6.07, 6.45) is 8.23. The number of nitrogens with two attached hydrogens (primary N) is 1. The molecule has 0 aromatic carbocycles. The van der Waals surface area contributed by atoms with Crippen LogP contribution < -0.4 is 5.73 Å². The lowest BCUT2D eigenvalue weighted by Crippen LogP contribution is -2.48. The fourth-order valence-corrected chi connectivity index (χ4v) is 3.35. The van der Waals surface area contributed by atoms with Crippen molar-refractivity contribution >= 4 is 0 Å². The molecule has 18 heavy (non-hydrogen) atoms. The van der Waals surface area contributed by atoms with Crippen LogP contribution in [0.4, 0.5) is 0 Å². The van der Waals surface area contributed by atoms with Crippen molar-refractivity contribution in [2.45, 2.75) is 44.6 Å². The molecule has 2 N–H and O–H groups in total. The van der Waals surface area contributed by atoms with Crippen LogP contribution in [0.5, 0.6) is 0 Å². The molecule has 3 aliphatic rings. The summed E-state index contributed by atoms with van der Waals surface area (Å²) in [6.45, 7) is 5.36. The lowest BCUT2D eigenvalue weighted by atomic mass is 9.90. The molecule has 104 valence electrons. The highest BCUT2D eigenvalue weighted by molar-refractivity contribution is 4.89. The van der Waals surface area contributed by atoms with E-state index >= 15 is 0 Å². The molecular weight excluding hydrogens is 224 g/mol. The Bertz CT molecular complexity index is 243. The van der Waals surface area contributed by atoms with Crippen LogP contribution in [-0.2, 0) is 4.74 Å². The molecule has 3 nitrogen and oxygen atoms in total. The lowest BCUT2D eigenvalue weighted by Gasteiger charge is -2.38. The quantitative estimate of drug-likeness (QED) is 0.751. The van der Waals surface area contributed by atoms with Gasteiger partial charge in [-0.1, -0.05) is 0 Å². The molecule has 0 aromatic heterocycles. The van der Waals surface area contributed by atoms with Crippen molar-refractivity contribution in [2.75, 3.05) is 32.8 Å². The van der Waals surface area contributed by atoms with E-state index in [1.54, 1.807) is 0 Å². The van der Waals surface area contributed by atoms with Gasteiger partial charge in [0, 0.05) is 38.9 Å². The van der Waals surface area contributed by atoms with Crippen molar-refractivity contribution in [3.63, 3.8) is 0 Å². The molecule has 3 rings (SSSR count). The zero-order valence-corrected chi connectivity index (χ0v) is 11.5. The third kappa shape index (κ3) is 3.46. The molecule has 3 heteroatoms. The molecular formula is C15H28N2O. The standard InChI is InChI=1S/C15H28N2O/c16-9-15(14-5-7-18-8-6-14)17(10-12-1-2-12)11-13-3-4-13/h12-15H,1-11,16H2. The first kappa shape index (κ1) is 12.9. The van der Waals surface area contributed by atoms with Gasteiger partial charge in [-0.15, -0.1) is 0 Å². The Morgan fingerprint density at radius 2 is 1.50 bits per heavy atom. The monoisotopic (exact) mass is 252 g/mol. The summed E-state index contributed by atoms with van der Waals surface area (Å²) in [4.78, 5) is 2.76. The fraction of sp³-hybridized carbons (Fsp3) is 1.00. The Hall–Kier alpha value is -0.120. The Kier molecular flexibility index (Phi) is 4.22. The van der Waals surface area contributed by atoms with Crippen molar-refractivity contribution in [1.29, 1.82) is 0 Å². The van der Waals surface area contributed by atoms with Crippen LogP contribution in [0.2, 0.25) is 0 Å². The van der Waals surface area contributed by atoms with Crippen LogP contribution in [0.25, 0.3) is 0 Å². The topological polar surface area (TPSA) is 38.5 Å². The highest BCUT2D eigenvalue weighted by Gasteiger charge is 2.35. The molecule has 0 amide bonds. The van der Waals surface area contributed by atoms with Gasteiger partial charge in [-0.05, 0) is 56.3 Å². The summed E-state index contributed by atoms with van der Waals surface area (Å²) in [5, 5.41) is 0. The summed E-state index contributed by atoms with van der Waals surface area (Å²) in [5.41, 5.74) is 6.11. The zero-order valence-electron chi connectivity index (χ0n) is 11.5. The third-order valence-electron chi connectivity index (χ3n) is 4.90. The van der Waals surface area contributed by atoms with E-state index in [9.17, 15) is 0 Å². The molecule has 0 bridgehead atoms. The minimum absolute atomic E-state index is 0.620. The van der Waals surface area contributed by atoms with Gasteiger partial charge in [-0.25, -0.2) is 0 Å². The molecule has 0 radical (unpaired) electrons. The molecule has 1 saturated heterocycles. The van der Waals surface area contributed by atoms with E-state index in [1.165, 1.54) is 51.6 Å². The Balaban J connectivity index is 1.59. The molecule has 2 aliphatic carbocycles. The van der Waals surface area contributed by atoms with Gasteiger partial charge in [-0.2, -0.15) is 0 Å². The van der Waals surface area contributed by atoms with Gasteiger partial charge in [0.15, 0.2) is 0 Å². The van der Waals surface area contributed by atoms with Crippen LogP contribution in [-0.4, -0.2) is 43.8 Å². The van der Waals surface area contributed by atoms with Gasteiger partial charge >= 0.3 is 0 Å². The van der Waals surface area contributed by atoms with Gasteiger partial charge in [0.05, 0.1) is 0 Å². The average molecular weight is 252 g/mol. The normalized spacial score (nSPS) is 27.7. The van der Waals surface area contributed by atoms with E-state index in [2.05, 4.69) is 4.90 Å². The van der Waals surface area contributed by atoms with E-state index in [4.69, 9.17) is 10.5 Å². The van der Waals surface area contributed by atoms with E-state index in [0.29, 0.717) is 6.04 Å². The average Bonchev–Trinajstić information content (AvgIpc) is 3.27.